The molecule has 0 aromatic heterocycles. The number of hydrogen-bond acceptors (Lipinski definition) is 6. The van der Waals surface area contributed by atoms with Crippen molar-refractivity contribution in [3.63, 3.8) is 0 Å². The Kier molecular flexibility index (Phi) is 6.84. The van der Waals surface area contributed by atoms with E-state index in [2.05, 4.69) is 70.5 Å². The van der Waals surface area contributed by atoms with E-state index in [-0.39, 0.29) is 5.41 Å². The van der Waals surface area contributed by atoms with Gasteiger partial charge in [-0.1, -0.05) is 55.7 Å². The van der Waals surface area contributed by atoms with Gasteiger partial charge in [-0.3, -0.25) is 0 Å². The Labute approximate surface area is 247 Å². The van der Waals surface area contributed by atoms with E-state index in [9.17, 15) is 0 Å². The molecule has 40 heavy (non-hydrogen) atoms. The van der Waals surface area contributed by atoms with Crippen molar-refractivity contribution in [1.29, 1.82) is 0 Å². The lowest BCUT2D eigenvalue weighted by atomic mass is 9.65. The van der Waals surface area contributed by atoms with Crippen LogP contribution in [0.15, 0.2) is 94.7 Å². The molecule has 6 heteroatoms. The molecule has 1 fully saturated rings. The molecule has 1 saturated carbocycles. The fourth-order valence-electron chi connectivity index (χ4n) is 6.75. The average Bonchev–Trinajstić information content (AvgIpc) is 3.01. The molecule has 3 aliphatic rings. The lowest BCUT2D eigenvalue weighted by Crippen LogP contribution is -2.35. The van der Waals surface area contributed by atoms with Crippen molar-refractivity contribution < 1.29 is 9.47 Å². The number of rotatable bonds is 4. The Bertz CT molecular complexity index is 1440. The number of fused-ring (bicyclic) bond motifs is 2. The van der Waals surface area contributed by atoms with Crippen LogP contribution in [0.5, 0.6) is 11.5 Å². The number of hydrogen-bond donors (Lipinski definition) is 2. The highest BCUT2D eigenvalue weighted by atomic mass is 32.1. The molecule has 2 heterocycles. The summed E-state index contributed by atoms with van der Waals surface area (Å²) >= 11 is 9.40. The average molecular weight is 567 g/mol. The van der Waals surface area contributed by atoms with Gasteiger partial charge < -0.3 is 19.3 Å². The number of ether oxygens (including phenoxy) is 2. The monoisotopic (exact) mass is 566 g/mol. The zero-order chi connectivity index (χ0) is 27.1. The van der Waals surface area contributed by atoms with Crippen LogP contribution in [0.1, 0.15) is 54.4 Å². The van der Waals surface area contributed by atoms with Gasteiger partial charge >= 0.3 is 0 Å². The van der Waals surface area contributed by atoms with E-state index < -0.39 is 0 Å². The van der Waals surface area contributed by atoms with Crippen molar-refractivity contribution in [3.8, 4) is 11.5 Å². The summed E-state index contributed by atoms with van der Waals surface area (Å²) in [4.78, 5) is 6.48. The first kappa shape index (κ1) is 25.7. The molecule has 0 radical (unpaired) electrons. The van der Waals surface area contributed by atoms with Crippen LogP contribution >= 0.6 is 25.3 Å². The smallest absolute Gasteiger partial charge is 0.161 e. The molecule has 4 aromatic rings. The van der Waals surface area contributed by atoms with Crippen molar-refractivity contribution in [2.24, 2.45) is 0 Å². The van der Waals surface area contributed by atoms with E-state index in [1.807, 2.05) is 24.3 Å². The van der Waals surface area contributed by atoms with Crippen LogP contribution in [0, 0.1) is 0 Å². The normalized spacial score (nSPS) is 17.9. The highest BCUT2D eigenvalue weighted by Crippen LogP contribution is 2.48. The molecular weight excluding hydrogens is 533 g/mol. The van der Waals surface area contributed by atoms with Crippen LogP contribution in [0.2, 0.25) is 0 Å². The first-order chi connectivity index (χ1) is 19.6. The first-order valence-electron chi connectivity index (χ1n) is 14.2. The Hall–Kier alpha value is -3.22. The second kappa shape index (κ2) is 10.6. The summed E-state index contributed by atoms with van der Waals surface area (Å²) in [6, 6.07) is 30.3. The van der Waals surface area contributed by atoms with E-state index in [0.717, 1.165) is 58.6 Å². The van der Waals surface area contributed by atoms with Gasteiger partial charge in [0.05, 0.1) is 11.4 Å². The number of anilines is 2. The van der Waals surface area contributed by atoms with Gasteiger partial charge in [0.2, 0.25) is 0 Å². The topological polar surface area (TPSA) is 24.9 Å². The predicted octanol–water partition coefficient (Wildman–Crippen LogP) is 8.23. The van der Waals surface area contributed by atoms with Gasteiger partial charge in [0, 0.05) is 39.4 Å². The molecule has 204 valence electrons. The summed E-state index contributed by atoms with van der Waals surface area (Å²) in [5.41, 5.74) is 7.46. The fraction of sp³-hybridized carbons (Fsp3) is 0.294. The fourth-order valence-corrected chi connectivity index (χ4v) is 7.36. The maximum Gasteiger partial charge on any atom is 0.161 e. The summed E-state index contributed by atoms with van der Waals surface area (Å²) in [7, 11) is 0. The van der Waals surface area contributed by atoms with Crippen molar-refractivity contribution >= 4 is 36.6 Å². The van der Waals surface area contributed by atoms with Crippen LogP contribution in [-0.2, 0) is 18.5 Å². The number of benzene rings is 4. The number of nitrogens with zero attached hydrogens (tertiary/aromatic N) is 2. The zero-order valence-electron chi connectivity index (χ0n) is 22.6. The SMILES string of the molecule is Sc1ccccc1N1COc2ccc(C3(c4ccc5c(c4)CN(c4ccccc4S)CO5)CCCCC3)cc2C1. The van der Waals surface area contributed by atoms with Crippen LogP contribution in [0.4, 0.5) is 11.4 Å². The molecule has 4 nitrogen and oxygen atoms in total. The summed E-state index contributed by atoms with van der Waals surface area (Å²) in [5, 5.41) is 0. The minimum absolute atomic E-state index is 0.0181. The van der Waals surface area contributed by atoms with Crippen LogP contribution in [0.25, 0.3) is 0 Å². The Balaban J connectivity index is 1.24. The van der Waals surface area contributed by atoms with Gasteiger partial charge in [0.1, 0.15) is 11.5 Å². The second-order valence-corrected chi connectivity index (χ2v) is 12.2. The molecule has 0 saturated heterocycles. The van der Waals surface area contributed by atoms with Gasteiger partial charge in [-0.2, -0.15) is 0 Å². The maximum atomic E-state index is 6.23. The lowest BCUT2D eigenvalue weighted by molar-refractivity contribution is 0.286. The van der Waals surface area contributed by atoms with E-state index in [1.165, 1.54) is 41.5 Å². The zero-order valence-corrected chi connectivity index (χ0v) is 24.3. The highest BCUT2D eigenvalue weighted by molar-refractivity contribution is 7.80. The van der Waals surface area contributed by atoms with E-state index in [4.69, 9.17) is 34.7 Å². The van der Waals surface area contributed by atoms with Crippen molar-refractivity contribution in [1.82, 2.24) is 0 Å². The Morgan fingerprint density at radius 1 is 0.575 bits per heavy atom. The van der Waals surface area contributed by atoms with E-state index >= 15 is 0 Å². The summed E-state index contributed by atoms with van der Waals surface area (Å²) in [6.07, 6.45) is 6.07. The third-order valence-electron chi connectivity index (χ3n) is 8.85. The van der Waals surface area contributed by atoms with Crippen LogP contribution < -0.4 is 19.3 Å². The van der Waals surface area contributed by atoms with Crippen LogP contribution in [0.3, 0.4) is 0 Å². The highest BCUT2D eigenvalue weighted by Gasteiger charge is 2.37. The standard InChI is InChI=1S/C34H34N2O2S2/c39-32-10-4-2-8-28(32)35-20-24-18-26(12-14-30(24)37-22-35)34(16-6-1-7-17-34)27-13-15-31-25(19-27)21-36(23-38-31)29-9-3-5-11-33(29)40/h2-5,8-15,18-19,39-40H,1,6-7,16-17,20-23H2. The largest absolute Gasteiger partial charge is 0.473 e. The quantitative estimate of drug-likeness (QED) is 0.243. The summed E-state index contributed by atoms with van der Waals surface area (Å²) in [5.74, 6) is 1.98. The first-order valence-corrected chi connectivity index (χ1v) is 15.1. The third kappa shape index (κ3) is 4.61. The third-order valence-corrected chi connectivity index (χ3v) is 9.61. The molecule has 0 N–H and O–H groups in total. The molecule has 1 aliphatic carbocycles. The molecule has 4 aromatic carbocycles. The van der Waals surface area contributed by atoms with Crippen molar-refractivity contribution in [2.45, 2.75) is 60.4 Å². The number of para-hydroxylation sites is 2. The van der Waals surface area contributed by atoms with Crippen molar-refractivity contribution in [2.75, 3.05) is 23.3 Å². The van der Waals surface area contributed by atoms with Gasteiger partial charge in [0.25, 0.3) is 0 Å². The molecular formula is C34H34N2O2S2. The predicted molar refractivity (Wildman–Crippen MR) is 167 cm³/mol. The maximum absolute atomic E-state index is 6.23. The molecule has 2 aliphatic heterocycles. The lowest BCUT2D eigenvalue weighted by Gasteiger charge is -2.41. The second-order valence-electron chi connectivity index (χ2n) is 11.2. The molecule has 0 amide bonds. The molecule has 0 spiro atoms. The minimum atomic E-state index is -0.0181. The van der Waals surface area contributed by atoms with Gasteiger partial charge in [0.15, 0.2) is 13.5 Å². The van der Waals surface area contributed by atoms with Crippen LogP contribution in [-0.4, -0.2) is 13.5 Å². The van der Waals surface area contributed by atoms with Gasteiger partial charge in [-0.05, 0) is 72.5 Å². The summed E-state index contributed by atoms with van der Waals surface area (Å²) < 4.78 is 12.5. The summed E-state index contributed by atoms with van der Waals surface area (Å²) in [6.45, 7) is 2.69. The van der Waals surface area contributed by atoms with Gasteiger partial charge in [-0.25, -0.2) is 0 Å². The minimum Gasteiger partial charge on any atom is -0.473 e. The Morgan fingerprint density at radius 3 is 1.52 bits per heavy atom. The van der Waals surface area contributed by atoms with E-state index in [1.54, 1.807) is 0 Å². The number of thiol groups is 2. The molecule has 0 unspecified atom stereocenters. The van der Waals surface area contributed by atoms with E-state index in [0.29, 0.717) is 13.5 Å². The molecule has 7 rings (SSSR count). The Morgan fingerprint density at radius 2 is 1.05 bits per heavy atom. The molecule has 0 bridgehead atoms. The van der Waals surface area contributed by atoms with Crippen molar-refractivity contribution in [3.05, 3.63) is 107 Å². The molecule has 0 atom stereocenters. The van der Waals surface area contributed by atoms with Gasteiger partial charge in [-0.15, -0.1) is 25.3 Å².